The number of Topliss-reactive ketones (excluding diaryl/α,β-unsaturated/α-hetero) is 1. The molecule has 0 aromatic heterocycles. The third-order valence-electron chi connectivity index (χ3n) is 7.73. The van der Waals surface area contributed by atoms with Crippen molar-refractivity contribution in [1.82, 2.24) is 0 Å². The Hall–Kier alpha value is -4.56. The average molecular weight is 573 g/mol. The maximum Gasteiger partial charge on any atom is 0.340 e. The molecule has 9 heteroatoms. The van der Waals surface area contributed by atoms with E-state index in [1.54, 1.807) is 36.4 Å². The van der Waals surface area contributed by atoms with E-state index < -0.39 is 17.5 Å². The highest BCUT2D eigenvalue weighted by molar-refractivity contribution is 6.33. The molecule has 1 atom stereocenters. The Balaban J connectivity index is 1.42. The quantitative estimate of drug-likeness (QED) is 0.159. The lowest BCUT2D eigenvalue weighted by Gasteiger charge is -2.37. The fraction of sp³-hybridized carbons (Fsp3) is 0.219. The van der Waals surface area contributed by atoms with Crippen LogP contribution in [0.1, 0.15) is 64.7 Å². The summed E-state index contributed by atoms with van der Waals surface area (Å²) in [4.78, 5) is 35.9. The molecule has 0 radical (unpaired) electrons. The van der Waals surface area contributed by atoms with E-state index >= 15 is 0 Å². The smallest absolute Gasteiger partial charge is 0.340 e. The van der Waals surface area contributed by atoms with Crippen molar-refractivity contribution in [2.45, 2.75) is 44.1 Å². The maximum absolute atomic E-state index is 13.2. The van der Waals surface area contributed by atoms with Gasteiger partial charge in [-0.1, -0.05) is 35.9 Å². The molecule has 8 nitrogen and oxygen atoms in total. The Labute approximate surface area is 239 Å². The minimum Gasteiger partial charge on any atom is -0.508 e. The van der Waals surface area contributed by atoms with Crippen LogP contribution in [-0.4, -0.2) is 33.0 Å². The molecule has 0 bridgehead atoms. The summed E-state index contributed by atoms with van der Waals surface area (Å²) in [6.45, 7) is 0. The summed E-state index contributed by atoms with van der Waals surface area (Å²) in [7, 11) is 0. The first-order valence-electron chi connectivity index (χ1n) is 13.3. The molecule has 0 aliphatic carbocycles. The van der Waals surface area contributed by atoms with Crippen LogP contribution >= 0.6 is 11.6 Å². The lowest BCUT2D eigenvalue weighted by Crippen LogP contribution is -2.33. The Bertz CT molecular complexity index is 1760. The van der Waals surface area contributed by atoms with Crippen molar-refractivity contribution in [3.8, 4) is 23.0 Å². The number of benzene rings is 4. The molecule has 208 valence electrons. The van der Waals surface area contributed by atoms with Crippen LogP contribution in [0.15, 0.2) is 60.7 Å². The number of ether oxygens (including phenoxy) is 2. The molecule has 3 N–H and O–H groups in total. The SMILES string of the molecule is O=C(O)CCC(=O)CCCCc1cc2c(cc1O)Oc1c(ccc3cc(O)c(Cl)cc13)C21OC(=O)c2ccccc21. The lowest BCUT2D eigenvalue weighted by molar-refractivity contribution is -0.138. The van der Waals surface area contributed by atoms with Crippen LogP contribution in [0.3, 0.4) is 0 Å². The van der Waals surface area contributed by atoms with Gasteiger partial charge in [-0.05, 0) is 60.5 Å². The molecule has 4 aromatic carbocycles. The highest BCUT2D eigenvalue weighted by Gasteiger charge is 2.54. The van der Waals surface area contributed by atoms with Gasteiger partial charge in [-0.3, -0.25) is 9.59 Å². The number of ketones is 1. The number of carboxylic acid groups (broad SMARTS) is 1. The van der Waals surface area contributed by atoms with E-state index in [9.17, 15) is 24.6 Å². The molecule has 0 saturated carbocycles. The number of aromatic hydroxyl groups is 2. The Kier molecular flexibility index (Phi) is 6.58. The minimum atomic E-state index is -1.36. The van der Waals surface area contributed by atoms with Gasteiger partial charge < -0.3 is 24.8 Å². The summed E-state index contributed by atoms with van der Waals surface area (Å²) < 4.78 is 12.6. The number of phenols is 2. The van der Waals surface area contributed by atoms with Crippen LogP contribution < -0.4 is 4.74 Å². The summed E-state index contributed by atoms with van der Waals surface area (Å²) in [6, 6.07) is 17.2. The Morgan fingerprint density at radius 1 is 0.854 bits per heavy atom. The molecule has 2 heterocycles. The van der Waals surface area contributed by atoms with Crippen molar-refractivity contribution in [1.29, 1.82) is 0 Å². The third kappa shape index (κ3) is 4.44. The molecule has 1 spiro atoms. The number of hydrogen-bond donors (Lipinski definition) is 3. The van der Waals surface area contributed by atoms with Gasteiger partial charge in [0.25, 0.3) is 0 Å². The predicted molar refractivity (Wildman–Crippen MR) is 150 cm³/mol. The number of halogens is 1. The first-order chi connectivity index (χ1) is 19.7. The van der Waals surface area contributed by atoms with Crippen LogP contribution in [-0.2, 0) is 26.3 Å². The van der Waals surface area contributed by atoms with E-state index in [-0.39, 0.29) is 41.6 Å². The fourth-order valence-corrected chi connectivity index (χ4v) is 5.91. The van der Waals surface area contributed by atoms with Crippen LogP contribution in [0.2, 0.25) is 5.02 Å². The van der Waals surface area contributed by atoms with E-state index in [2.05, 4.69) is 0 Å². The Morgan fingerprint density at radius 3 is 2.46 bits per heavy atom. The van der Waals surface area contributed by atoms with Crippen LogP contribution in [0, 0.1) is 0 Å². The molecular formula is C32H25ClO8. The van der Waals surface area contributed by atoms with Crippen LogP contribution in [0.25, 0.3) is 10.8 Å². The van der Waals surface area contributed by atoms with E-state index in [0.717, 1.165) is 0 Å². The van der Waals surface area contributed by atoms with Crippen LogP contribution in [0.5, 0.6) is 23.0 Å². The summed E-state index contributed by atoms with van der Waals surface area (Å²) in [5, 5.41) is 31.3. The molecule has 0 fully saturated rings. The van der Waals surface area contributed by atoms with Crippen molar-refractivity contribution >= 4 is 40.1 Å². The monoisotopic (exact) mass is 572 g/mol. The topological polar surface area (TPSA) is 130 Å². The highest BCUT2D eigenvalue weighted by Crippen LogP contribution is 2.58. The van der Waals surface area contributed by atoms with Crippen molar-refractivity contribution in [3.63, 3.8) is 0 Å². The number of rotatable bonds is 8. The van der Waals surface area contributed by atoms with Crippen molar-refractivity contribution < 1.29 is 39.2 Å². The summed E-state index contributed by atoms with van der Waals surface area (Å²) in [6.07, 6.45) is 1.64. The molecule has 0 saturated heterocycles. The predicted octanol–water partition coefficient (Wildman–Crippen LogP) is 6.62. The molecule has 2 aliphatic rings. The minimum absolute atomic E-state index is 0.00296. The lowest BCUT2D eigenvalue weighted by atomic mass is 9.76. The van der Waals surface area contributed by atoms with Gasteiger partial charge in [0.05, 0.1) is 17.0 Å². The van der Waals surface area contributed by atoms with Gasteiger partial charge in [0, 0.05) is 41.0 Å². The molecular weight excluding hydrogens is 548 g/mol. The largest absolute Gasteiger partial charge is 0.508 e. The molecule has 0 amide bonds. The van der Waals surface area contributed by atoms with Gasteiger partial charge in [0.1, 0.15) is 28.8 Å². The van der Waals surface area contributed by atoms with Gasteiger partial charge in [0.2, 0.25) is 0 Å². The number of aryl methyl sites for hydroxylation is 1. The number of carboxylic acids is 1. The first kappa shape index (κ1) is 26.7. The number of fused-ring (bicyclic) bond motifs is 8. The number of carbonyl (C=O) groups excluding carboxylic acids is 2. The number of unbranched alkanes of at least 4 members (excludes halogenated alkanes) is 1. The number of aliphatic carboxylic acids is 1. The highest BCUT2D eigenvalue weighted by atomic mass is 35.5. The fourth-order valence-electron chi connectivity index (χ4n) is 5.75. The first-order valence-corrected chi connectivity index (χ1v) is 13.6. The summed E-state index contributed by atoms with van der Waals surface area (Å²) >= 11 is 6.27. The van der Waals surface area contributed by atoms with Crippen molar-refractivity contribution in [2.75, 3.05) is 0 Å². The second kappa shape index (κ2) is 10.1. The molecule has 4 aromatic rings. The second-order valence-corrected chi connectivity index (χ2v) is 10.7. The van der Waals surface area contributed by atoms with Gasteiger partial charge in [0.15, 0.2) is 5.60 Å². The third-order valence-corrected chi connectivity index (χ3v) is 8.03. The standard InChI is InChI=1S/C32H25ClO8/c33-25-15-21-17(14-27(25)36)9-11-23-30(21)40-28-16-26(35)18(5-1-2-6-19(34)10-12-29(37)38)13-24(28)32(23)22-8-4-3-7-20(22)31(39)41-32/h3-4,7-9,11,13-16,35-36H,1-2,5-6,10,12H2,(H,37,38). The zero-order valence-corrected chi connectivity index (χ0v) is 22.5. The van der Waals surface area contributed by atoms with E-state index in [1.165, 1.54) is 12.1 Å². The van der Waals surface area contributed by atoms with Gasteiger partial charge in [-0.15, -0.1) is 0 Å². The zero-order chi connectivity index (χ0) is 28.9. The van der Waals surface area contributed by atoms with E-state index in [0.29, 0.717) is 69.4 Å². The van der Waals surface area contributed by atoms with Gasteiger partial charge >= 0.3 is 11.9 Å². The van der Waals surface area contributed by atoms with Gasteiger partial charge in [-0.25, -0.2) is 4.79 Å². The number of hydrogen-bond acceptors (Lipinski definition) is 7. The summed E-state index contributed by atoms with van der Waals surface area (Å²) in [5.74, 6) is -0.976. The van der Waals surface area contributed by atoms with Crippen molar-refractivity contribution in [2.24, 2.45) is 0 Å². The van der Waals surface area contributed by atoms with Gasteiger partial charge in [-0.2, -0.15) is 0 Å². The average Bonchev–Trinajstić information content (AvgIpc) is 3.24. The maximum atomic E-state index is 13.2. The van der Waals surface area contributed by atoms with Crippen molar-refractivity contribution in [3.05, 3.63) is 93.5 Å². The second-order valence-electron chi connectivity index (χ2n) is 10.3. The Morgan fingerprint density at radius 2 is 1.66 bits per heavy atom. The number of carbonyl (C=O) groups is 3. The molecule has 6 rings (SSSR count). The molecule has 1 unspecified atom stereocenters. The number of esters is 1. The summed E-state index contributed by atoms with van der Waals surface area (Å²) in [5.41, 5.74) is 1.44. The van der Waals surface area contributed by atoms with Crippen LogP contribution in [0.4, 0.5) is 0 Å². The molecule has 2 aliphatic heterocycles. The molecule has 41 heavy (non-hydrogen) atoms. The van der Waals surface area contributed by atoms with E-state index in [4.69, 9.17) is 26.2 Å². The van der Waals surface area contributed by atoms with E-state index in [1.807, 2.05) is 12.1 Å². The number of phenolic OH excluding ortho intramolecular Hbond substituents is 2. The normalized spacial score (nSPS) is 16.6. The zero-order valence-electron chi connectivity index (χ0n) is 21.8.